The Labute approximate surface area is 134 Å². The second-order valence-electron chi connectivity index (χ2n) is 6.10. The highest BCUT2D eigenvalue weighted by atomic mass is 19.1. The Bertz CT molecular complexity index is 631. The molecule has 1 heterocycles. The third-order valence-electron chi connectivity index (χ3n) is 4.55. The molecule has 0 aromatic heterocycles. The summed E-state index contributed by atoms with van der Waals surface area (Å²) in [6, 6.07) is 3.75. The summed E-state index contributed by atoms with van der Waals surface area (Å²) in [5.41, 5.74) is -1.03. The largest absolute Gasteiger partial charge is 0.466 e. The molecule has 0 saturated carbocycles. The van der Waals surface area contributed by atoms with Crippen LogP contribution in [0, 0.1) is 34.3 Å². The first-order chi connectivity index (χ1) is 10.9. The quantitative estimate of drug-likeness (QED) is 0.799. The molecule has 1 unspecified atom stereocenters. The van der Waals surface area contributed by atoms with Gasteiger partial charge in [-0.1, -0.05) is 13.8 Å². The summed E-state index contributed by atoms with van der Waals surface area (Å²) in [4.78, 5) is 13.9. The van der Waals surface area contributed by atoms with Crippen molar-refractivity contribution in [1.82, 2.24) is 0 Å². The van der Waals surface area contributed by atoms with Gasteiger partial charge in [0.1, 0.15) is 5.69 Å². The number of hydrogen-bond acceptors (Lipinski definition) is 4. The van der Waals surface area contributed by atoms with Crippen molar-refractivity contribution in [2.45, 2.75) is 27.2 Å². The topological polar surface area (TPSA) is 53.3 Å². The molecule has 2 rings (SSSR count). The molecule has 1 aromatic carbocycles. The van der Waals surface area contributed by atoms with Gasteiger partial charge >= 0.3 is 5.97 Å². The van der Waals surface area contributed by atoms with Gasteiger partial charge in [0.25, 0.3) is 0 Å². The number of hydrogen-bond donors (Lipinski definition) is 0. The fourth-order valence-electron chi connectivity index (χ4n) is 3.10. The standard InChI is InChI=1S/C17H20F2N2O2/c1-4-23-16(22)17(11(2)3)5-6-21(10-17)15-13(18)7-12(9-20)8-14(15)19/h7-8,11H,4-6,10H2,1-3H3. The monoisotopic (exact) mass is 322 g/mol. The van der Waals surface area contributed by atoms with E-state index < -0.39 is 17.0 Å². The Hall–Kier alpha value is -2.16. The summed E-state index contributed by atoms with van der Waals surface area (Å²) in [5.74, 6) is -1.92. The second kappa shape index (κ2) is 6.53. The van der Waals surface area contributed by atoms with E-state index in [1.54, 1.807) is 13.0 Å². The fourth-order valence-corrected chi connectivity index (χ4v) is 3.10. The van der Waals surface area contributed by atoms with E-state index in [9.17, 15) is 13.6 Å². The maximum Gasteiger partial charge on any atom is 0.314 e. The molecule has 6 heteroatoms. The van der Waals surface area contributed by atoms with Gasteiger partial charge in [-0.15, -0.1) is 0 Å². The molecular weight excluding hydrogens is 302 g/mol. The van der Waals surface area contributed by atoms with E-state index in [2.05, 4.69) is 0 Å². The SMILES string of the molecule is CCOC(=O)C1(C(C)C)CCN(c2c(F)cc(C#N)cc2F)C1. The molecule has 23 heavy (non-hydrogen) atoms. The zero-order valence-electron chi connectivity index (χ0n) is 13.5. The zero-order valence-corrected chi connectivity index (χ0v) is 13.5. The maximum absolute atomic E-state index is 14.2. The average molecular weight is 322 g/mol. The minimum absolute atomic E-state index is 0.0175. The van der Waals surface area contributed by atoms with E-state index in [0.29, 0.717) is 13.0 Å². The normalized spacial score (nSPS) is 20.7. The summed E-state index contributed by atoms with van der Waals surface area (Å²) in [7, 11) is 0. The van der Waals surface area contributed by atoms with Gasteiger partial charge in [-0.3, -0.25) is 4.79 Å². The van der Waals surface area contributed by atoms with Crippen LogP contribution >= 0.6 is 0 Å². The first-order valence-electron chi connectivity index (χ1n) is 7.67. The van der Waals surface area contributed by atoms with Gasteiger partial charge in [0.15, 0.2) is 11.6 Å². The molecule has 0 radical (unpaired) electrons. The lowest BCUT2D eigenvalue weighted by atomic mass is 9.76. The third-order valence-corrected chi connectivity index (χ3v) is 4.55. The van der Waals surface area contributed by atoms with Gasteiger partial charge in [-0.25, -0.2) is 8.78 Å². The van der Waals surface area contributed by atoms with Crippen LogP contribution in [0.2, 0.25) is 0 Å². The van der Waals surface area contributed by atoms with Gasteiger partial charge in [0.2, 0.25) is 0 Å². The lowest BCUT2D eigenvalue weighted by molar-refractivity contribution is -0.156. The molecule has 124 valence electrons. The highest BCUT2D eigenvalue weighted by molar-refractivity contribution is 5.79. The molecule has 1 fully saturated rings. The molecule has 0 bridgehead atoms. The van der Waals surface area contributed by atoms with Gasteiger partial charge in [-0.05, 0) is 31.4 Å². The predicted octanol–water partition coefficient (Wildman–Crippen LogP) is 3.25. The number of halogens is 2. The van der Waals surface area contributed by atoms with Gasteiger partial charge < -0.3 is 9.64 Å². The molecule has 1 aromatic rings. The molecule has 4 nitrogen and oxygen atoms in total. The van der Waals surface area contributed by atoms with Crippen molar-refractivity contribution in [1.29, 1.82) is 5.26 Å². The smallest absolute Gasteiger partial charge is 0.314 e. The molecule has 0 amide bonds. The molecule has 1 aliphatic rings. The van der Waals surface area contributed by atoms with Crippen LogP contribution in [0.5, 0.6) is 0 Å². The van der Waals surface area contributed by atoms with Crippen LogP contribution in [0.3, 0.4) is 0 Å². The van der Waals surface area contributed by atoms with Gasteiger partial charge in [-0.2, -0.15) is 5.26 Å². The maximum atomic E-state index is 14.2. The van der Waals surface area contributed by atoms with Crippen LogP contribution in [0.15, 0.2) is 12.1 Å². The van der Waals surface area contributed by atoms with Crippen LogP contribution in [0.4, 0.5) is 14.5 Å². The molecule has 1 saturated heterocycles. The second-order valence-corrected chi connectivity index (χ2v) is 6.10. The summed E-state index contributed by atoms with van der Waals surface area (Å²) >= 11 is 0. The van der Waals surface area contributed by atoms with E-state index in [1.807, 2.05) is 13.8 Å². The zero-order chi connectivity index (χ0) is 17.2. The highest BCUT2D eigenvalue weighted by Crippen LogP contribution is 2.42. The number of anilines is 1. The number of esters is 1. The Morgan fingerprint density at radius 1 is 1.43 bits per heavy atom. The first kappa shape index (κ1) is 17.2. The molecular formula is C17H20F2N2O2. The van der Waals surface area contributed by atoms with Crippen molar-refractivity contribution < 1.29 is 18.3 Å². The number of nitrogens with zero attached hydrogens (tertiary/aromatic N) is 2. The van der Waals surface area contributed by atoms with E-state index >= 15 is 0 Å². The summed E-state index contributed by atoms with van der Waals surface area (Å²) in [6.07, 6.45) is 0.475. The van der Waals surface area contributed by atoms with Crippen molar-refractivity contribution in [3.8, 4) is 6.07 Å². The van der Waals surface area contributed by atoms with Crippen LogP contribution in [-0.2, 0) is 9.53 Å². The van der Waals surface area contributed by atoms with E-state index in [0.717, 1.165) is 12.1 Å². The Kier molecular flexibility index (Phi) is 4.88. The lowest BCUT2D eigenvalue weighted by Crippen LogP contribution is -2.41. The Morgan fingerprint density at radius 3 is 2.52 bits per heavy atom. The lowest BCUT2D eigenvalue weighted by Gasteiger charge is -2.31. The predicted molar refractivity (Wildman–Crippen MR) is 81.8 cm³/mol. The number of benzene rings is 1. The van der Waals surface area contributed by atoms with Crippen LogP contribution < -0.4 is 4.90 Å². The molecule has 0 spiro atoms. The summed E-state index contributed by atoms with van der Waals surface area (Å²) in [5, 5.41) is 8.77. The Balaban J connectivity index is 2.35. The number of carbonyl (C=O) groups is 1. The van der Waals surface area contributed by atoms with Crippen molar-refractivity contribution in [3.05, 3.63) is 29.3 Å². The van der Waals surface area contributed by atoms with Crippen molar-refractivity contribution in [2.24, 2.45) is 11.3 Å². The minimum Gasteiger partial charge on any atom is -0.466 e. The van der Waals surface area contributed by atoms with Gasteiger partial charge in [0.05, 0.1) is 23.7 Å². The fraction of sp³-hybridized carbons (Fsp3) is 0.529. The number of nitriles is 1. The first-order valence-corrected chi connectivity index (χ1v) is 7.67. The van der Waals surface area contributed by atoms with Crippen LogP contribution in [0.1, 0.15) is 32.8 Å². The minimum atomic E-state index is -0.787. The Morgan fingerprint density at radius 2 is 2.04 bits per heavy atom. The van der Waals surface area contributed by atoms with E-state index in [4.69, 9.17) is 10.00 Å². The number of rotatable bonds is 4. The summed E-state index contributed by atoms with van der Waals surface area (Å²) in [6.45, 7) is 6.38. The van der Waals surface area contributed by atoms with Gasteiger partial charge in [0, 0.05) is 13.1 Å². The van der Waals surface area contributed by atoms with E-state index in [-0.39, 0.29) is 36.3 Å². The van der Waals surface area contributed by atoms with E-state index in [1.165, 1.54) is 4.90 Å². The van der Waals surface area contributed by atoms with Crippen LogP contribution in [0.25, 0.3) is 0 Å². The molecule has 1 aliphatic heterocycles. The number of ether oxygens (including phenoxy) is 1. The molecule has 0 aliphatic carbocycles. The van der Waals surface area contributed by atoms with Crippen molar-refractivity contribution in [3.63, 3.8) is 0 Å². The summed E-state index contributed by atoms with van der Waals surface area (Å²) < 4.78 is 33.6. The third kappa shape index (κ3) is 3.00. The molecule has 1 atom stereocenters. The highest BCUT2D eigenvalue weighted by Gasteiger charge is 2.49. The van der Waals surface area contributed by atoms with Crippen molar-refractivity contribution >= 4 is 11.7 Å². The molecule has 0 N–H and O–H groups in total. The average Bonchev–Trinajstić information content (AvgIpc) is 2.93. The van der Waals surface area contributed by atoms with Crippen molar-refractivity contribution in [2.75, 3.05) is 24.6 Å². The van der Waals surface area contributed by atoms with Crippen LogP contribution in [-0.4, -0.2) is 25.7 Å². The number of carbonyl (C=O) groups excluding carboxylic acids is 1.